The van der Waals surface area contributed by atoms with E-state index < -0.39 is 17.5 Å². The zero-order chi connectivity index (χ0) is 16.9. The predicted molar refractivity (Wildman–Crippen MR) is 79.3 cm³/mol. The molecule has 3 N–H and O–H groups in total. The van der Waals surface area contributed by atoms with Crippen LogP contribution in [-0.2, 0) is 4.74 Å². The highest BCUT2D eigenvalue weighted by atomic mass is 35.5. The van der Waals surface area contributed by atoms with E-state index in [1.54, 1.807) is 20.8 Å². The third-order valence-electron chi connectivity index (χ3n) is 2.00. The number of ether oxygens (including phenoxy) is 1. The maximum absolute atomic E-state index is 11.4. The molecule has 0 radical (unpaired) electrons. The average molecular weight is 349 g/mol. The van der Waals surface area contributed by atoms with Crippen molar-refractivity contribution in [2.24, 2.45) is 0 Å². The lowest BCUT2D eigenvalue weighted by Gasteiger charge is -2.18. The van der Waals surface area contributed by atoms with Gasteiger partial charge in [-0.05, 0) is 20.8 Å². The molecule has 2 heterocycles. The summed E-state index contributed by atoms with van der Waals surface area (Å²) in [4.78, 5) is 21.5. The van der Waals surface area contributed by atoms with Crippen molar-refractivity contribution in [3.63, 3.8) is 0 Å². The van der Waals surface area contributed by atoms with Crippen LogP contribution in [0.2, 0.25) is 10.0 Å². The molecule has 10 heteroatoms. The van der Waals surface area contributed by atoms with Gasteiger partial charge in [0.15, 0.2) is 11.4 Å². The smallest absolute Gasteiger partial charge is 0.358 e. The number of aromatic nitrogens is 4. The molecule has 0 spiro atoms. The molecule has 2 rings (SSSR count). The van der Waals surface area contributed by atoms with Gasteiger partial charge in [-0.15, -0.1) is 0 Å². The molecule has 8 nitrogen and oxygen atoms in total. The van der Waals surface area contributed by atoms with Gasteiger partial charge in [-0.3, -0.25) is 10.2 Å². The summed E-state index contributed by atoms with van der Waals surface area (Å²) in [7, 11) is 0. The van der Waals surface area contributed by atoms with Crippen molar-refractivity contribution in [2.45, 2.75) is 26.4 Å². The Morgan fingerprint density at radius 2 is 1.55 bits per heavy atom. The van der Waals surface area contributed by atoms with Gasteiger partial charge in [0.1, 0.15) is 5.60 Å². The lowest BCUT2D eigenvalue weighted by Crippen LogP contribution is -2.24. The molecule has 2 aromatic heterocycles. The Hall–Kier alpha value is -2.06. The van der Waals surface area contributed by atoms with Crippen LogP contribution in [0.3, 0.4) is 0 Å². The van der Waals surface area contributed by atoms with E-state index in [0.29, 0.717) is 0 Å². The summed E-state index contributed by atoms with van der Waals surface area (Å²) in [6, 6.07) is 0. The van der Waals surface area contributed by atoms with Crippen molar-refractivity contribution in [1.82, 2.24) is 20.4 Å². The molecule has 0 fully saturated rings. The van der Waals surface area contributed by atoms with Crippen LogP contribution in [-0.4, -0.2) is 43.0 Å². The van der Waals surface area contributed by atoms with Crippen LogP contribution < -0.4 is 0 Å². The Morgan fingerprint density at radius 1 is 1.09 bits per heavy atom. The summed E-state index contributed by atoms with van der Waals surface area (Å²) in [5, 5.41) is 20.4. The summed E-state index contributed by atoms with van der Waals surface area (Å²) in [6.45, 7) is 5.36. The number of nitrogens with one attached hydrogen (secondary N) is 2. The van der Waals surface area contributed by atoms with E-state index in [2.05, 4.69) is 20.4 Å². The van der Waals surface area contributed by atoms with E-state index in [-0.39, 0.29) is 21.4 Å². The van der Waals surface area contributed by atoms with Crippen LogP contribution in [0.4, 0.5) is 0 Å². The minimum atomic E-state index is -1.10. The molecule has 0 amide bonds. The van der Waals surface area contributed by atoms with Gasteiger partial charge in [0, 0.05) is 0 Å². The Morgan fingerprint density at radius 3 is 1.82 bits per heavy atom. The highest BCUT2D eigenvalue weighted by Gasteiger charge is 2.21. The maximum Gasteiger partial charge on any atom is 0.358 e. The minimum Gasteiger partial charge on any atom is -0.476 e. The number of nitrogens with zero attached hydrogens (tertiary/aromatic N) is 2. The number of carboxylic acids is 1. The summed E-state index contributed by atoms with van der Waals surface area (Å²) >= 11 is 11.0. The van der Waals surface area contributed by atoms with Crippen LogP contribution in [0.5, 0.6) is 0 Å². The van der Waals surface area contributed by atoms with E-state index in [1.165, 1.54) is 12.4 Å². The van der Waals surface area contributed by atoms with Gasteiger partial charge in [-0.2, -0.15) is 10.2 Å². The van der Waals surface area contributed by atoms with Gasteiger partial charge in [0.05, 0.1) is 22.4 Å². The Balaban J connectivity index is 0.000000235. The Labute approximate surface area is 135 Å². The van der Waals surface area contributed by atoms with Crippen LogP contribution in [0.1, 0.15) is 41.7 Å². The molecule has 0 aliphatic rings. The lowest BCUT2D eigenvalue weighted by molar-refractivity contribution is 0.00628. The molecule has 0 atom stereocenters. The summed E-state index contributed by atoms with van der Waals surface area (Å²) in [5.74, 6) is -1.59. The third-order valence-corrected chi connectivity index (χ3v) is 2.58. The fourth-order valence-electron chi connectivity index (χ4n) is 1.17. The third kappa shape index (κ3) is 5.38. The lowest BCUT2D eigenvalue weighted by atomic mass is 10.2. The highest BCUT2D eigenvalue weighted by Crippen LogP contribution is 2.16. The number of aromatic amines is 2. The number of carbonyl (C=O) groups excluding carboxylic acids is 1. The number of hydrogen-bond donors (Lipinski definition) is 3. The molecule has 22 heavy (non-hydrogen) atoms. The van der Waals surface area contributed by atoms with E-state index >= 15 is 0 Å². The average Bonchev–Trinajstić information content (AvgIpc) is 2.96. The molecule has 0 aliphatic carbocycles. The van der Waals surface area contributed by atoms with Crippen LogP contribution >= 0.6 is 23.2 Å². The first kappa shape index (κ1) is 18.0. The van der Waals surface area contributed by atoms with Gasteiger partial charge < -0.3 is 9.84 Å². The molecule has 0 aromatic carbocycles. The van der Waals surface area contributed by atoms with Crippen LogP contribution in [0.25, 0.3) is 0 Å². The zero-order valence-corrected chi connectivity index (χ0v) is 13.5. The number of esters is 1. The first-order valence-electron chi connectivity index (χ1n) is 5.96. The number of carboxylic acid groups (broad SMARTS) is 1. The Bertz CT molecular complexity index is 660. The monoisotopic (exact) mass is 348 g/mol. The van der Waals surface area contributed by atoms with Gasteiger partial charge in [-0.1, -0.05) is 23.2 Å². The number of aromatic carboxylic acids is 1. The van der Waals surface area contributed by atoms with E-state index in [0.717, 1.165) is 0 Å². The van der Waals surface area contributed by atoms with Crippen molar-refractivity contribution in [2.75, 3.05) is 0 Å². The second-order valence-electron chi connectivity index (χ2n) is 4.99. The van der Waals surface area contributed by atoms with Gasteiger partial charge in [0.2, 0.25) is 0 Å². The molecule has 0 saturated heterocycles. The van der Waals surface area contributed by atoms with Crippen LogP contribution in [0.15, 0.2) is 12.4 Å². The standard InChI is InChI=1S/C8H11ClN2O2.C4H3ClN2O2/c1-8(2,3)13-7(12)6-5(9)4-10-11-6;5-2-1-6-7-3(2)4(8)9/h4H,1-3H3,(H,10,11);1H,(H,6,7)(H,8,9). The largest absolute Gasteiger partial charge is 0.476 e. The van der Waals surface area contributed by atoms with Gasteiger partial charge >= 0.3 is 11.9 Å². The zero-order valence-electron chi connectivity index (χ0n) is 12.0. The van der Waals surface area contributed by atoms with Gasteiger partial charge in [0.25, 0.3) is 0 Å². The van der Waals surface area contributed by atoms with Crippen LogP contribution in [0, 0.1) is 0 Å². The summed E-state index contributed by atoms with van der Waals surface area (Å²) in [5.41, 5.74) is -0.404. The van der Waals surface area contributed by atoms with Crippen molar-refractivity contribution in [3.05, 3.63) is 33.8 Å². The molecule has 0 bridgehead atoms. The van der Waals surface area contributed by atoms with E-state index in [9.17, 15) is 9.59 Å². The number of halogens is 2. The van der Waals surface area contributed by atoms with Crippen molar-refractivity contribution < 1.29 is 19.4 Å². The van der Waals surface area contributed by atoms with Crippen molar-refractivity contribution in [3.8, 4) is 0 Å². The minimum absolute atomic E-state index is 0.0725. The second kappa shape index (κ2) is 7.28. The quantitative estimate of drug-likeness (QED) is 0.717. The maximum atomic E-state index is 11.4. The second-order valence-corrected chi connectivity index (χ2v) is 5.81. The van der Waals surface area contributed by atoms with Crippen molar-refractivity contribution in [1.29, 1.82) is 0 Å². The number of carbonyl (C=O) groups is 2. The molecule has 120 valence electrons. The molecular weight excluding hydrogens is 335 g/mol. The topological polar surface area (TPSA) is 121 Å². The fraction of sp³-hybridized carbons (Fsp3) is 0.333. The van der Waals surface area contributed by atoms with Gasteiger partial charge in [-0.25, -0.2) is 9.59 Å². The highest BCUT2D eigenvalue weighted by molar-refractivity contribution is 6.33. The number of hydrogen-bond acceptors (Lipinski definition) is 5. The first-order chi connectivity index (χ1) is 10.1. The molecular formula is C12H14Cl2N4O4. The van der Waals surface area contributed by atoms with E-state index in [4.69, 9.17) is 33.0 Å². The number of rotatable bonds is 2. The first-order valence-corrected chi connectivity index (χ1v) is 6.71. The fourth-order valence-corrected chi connectivity index (χ4v) is 1.51. The van der Waals surface area contributed by atoms with E-state index in [1.807, 2.05) is 0 Å². The Kier molecular flexibility index (Phi) is 5.95. The molecule has 0 saturated carbocycles. The molecule has 2 aromatic rings. The summed E-state index contributed by atoms with van der Waals surface area (Å²) < 4.78 is 5.07. The SMILES string of the molecule is CC(C)(C)OC(=O)c1[nH]ncc1Cl.O=C(O)c1[nH]ncc1Cl. The predicted octanol–water partition coefficient (Wildman–Crippen LogP) is 2.78. The normalized spacial score (nSPS) is 10.6. The molecule has 0 aliphatic heterocycles. The molecule has 0 unspecified atom stereocenters. The van der Waals surface area contributed by atoms with Crippen molar-refractivity contribution >= 4 is 35.1 Å². The summed E-state index contributed by atoms with van der Waals surface area (Å²) in [6.07, 6.45) is 2.60. The number of H-pyrrole nitrogens is 2.